The van der Waals surface area contributed by atoms with Gasteiger partial charge in [0.15, 0.2) is 0 Å². The smallest absolute Gasteiger partial charge is 0.386 e. The van der Waals surface area contributed by atoms with Gasteiger partial charge in [0.2, 0.25) is 0 Å². The lowest BCUT2D eigenvalue weighted by molar-refractivity contribution is 0.262. The highest BCUT2D eigenvalue weighted by Gasteiger charge is 2.33. The van der Waals surface area contributed by atoms with Crippen molar-refractivity contribution >= 4 is 7.82 Å². The number of phosphoric ester groups is 1. The Bertz CT molecular complexity index is 706. The molecule has 0 heterocycles. The van der Waals surface area contributed by atoms with Crippen molar-refractivity contribution in [1.82, 2.24) is 0 Å². The lowest BCUT2D eigenvalue weighted by Crippen LogP contribution is -2.04. The molecule has 0 saturated carbocycles. The van der Waals surface area contributed by atoms with Crippen LogP contribution < -0.4 is 9.05 Å². The minimum Gasteiger partial charge on any atom is -0.386 e. The van der Waals surface area contributed by atoms with Gasteiger partial charge in [0, 0.05) is 0 Å². The van der Waals surface area contributed by atoms with Crippen LogP contribution in [0.25, 0.3) is 0 Å². The number of phosphoric acid groups is 1. The first-order valence-corrected chi connectivity index (χ1v) is 8.85. The van der Waals surface area contributed by atoms with Gasteiger partial charge in [0.25, 0.3) is 0 Å². The Morgan fingerprint density at radius 3 is 1.88 bits per heavy atom. The molecule has 4 nitrogen and oxygen atoms in total. The molecule has 0 spiro atoms. The maximum absolute atomic E-state index is 13.1. The summed E-state index contributed by atoms with van der Waals surface area (Å²) < 4.78 is 29.7. The molecule has 0 unspecified atom stereocenters. The van der Waals surface area contributed by atoms with E-state index in [1.54, 1.807) is 79.8 Å². The van der Waals surface area contributed by atoms with E-state index in [2.05, 4.69) is 6.58 Å². The van der Waals surface area contributed by atoms with Crippen LogP contribution in [0.3, 0.4) is 0 Å². The van der Waals surface area contributed by atoms with Crippen molar-refractivity contribution in [2.24, 2.45) is 0 Å². The maximum Gasteiger partial charge on any atom is 0.647 e. The van der Waals surface area contributed by atoms with E-state index in [0.717, 1.165) is 0 Å². The first kappa shape index (κ1) is 17.6. The fourth-order valence-corrected chi connectivity index (χ4v) is 3.04. The van der Waals surface area contributed by atoms with Crippen LogP contribution in [0.2, 0.25) is 0 Å². The van der Waals surface area contributed by atoms with Crippen molar-refractivity contribution < 1.29 is 18.1 Å². The van der Waals surface area contributed by atoms with Crippen LogP contribution in [-0.2, 0) is 9.09 Å². The molecular weight excluding hydrogens is 323 g/mol. The Morgan fingerprint density at radius 1 is 0.958 bits per heavy atom. The summed E-state index contributed by atoms with van der Waals surface area (Å²) in [6.07, 6.45) is 6.55. The van der Waals surface area contributed by atoms with Crippen LogP contribution in [0.4, 0.5) is 0 Å². The monoisotopic (exact) mass is 342 g/mol. The van der Waals surface area contributed by atoms with Gasteiger partial charge in [0.05, 0.1) is 0 Å². The summed E-state index contributed by atoms with van der Waals surface area (Å²) in [7, 11) is -3.93. The molecule has 2 aromatic carbocycles. The van der Waals surface area contributed by atoms with Crippen LogP contribution in [-0.4, -0.2) is 0 Å². The molecule has 2 aromatic rings. The predicted molar refractivity (Wildman–Crippen MR) is 95.9 cm³/mol. The molecule has 0 aromatic heterocycles. The maximum atomic E-state index is 13.1. The van der Waals surface area contributed by atoms with Crippen molar-refractivity contribution in [2.45, 2.75) is 6.92 Å². The molecule has 0 fully saturated rings. The first-order valence-electron chi connectivity index (χ1n) is 7.39. The van der Waals surface area contributed by atoms with Gasteiger partial charge in [-0.25, -0.2) is 0 Å². The quantitative estimate of drug-likeness (QED) is 0.339. The van der Waals surface area contributed by atoms with E-state index >= 15 is 0 Å². The minimum atomic E-state index is -3.93. The molecular formula is C19H19O4P. The van der Waals surface area contributed by atoms with E-state index < -0.39 is 7.82 Å². The first-order chi connectivity index (χ1) is 11.6. The molecule has 0 aliphatic heterocycles. The Hall–Kier alpha value is -2.71. The van der Waals surface area contributed by atoms with Crippen molar-refractivity contribution in [2.75, 3.05) is 0 Å². The third-order valence-electron chi connectivity index (χ3n) is 2.82. The second-order valence-electron chi connectivity index (χ2n) is 4.63. The third kappa shape index (κ3) is 5.49. The number of rotatable bonds is 8. The van der Waals surface area contributed by atoms with E-state index in [1.807, 2.05) is 12.1 Å². The lowest BCUT2D eigenvalue weighted by atomic mass is 10.3. The standard InChI is InChI=1S/C19H19O4P/c1-3-5-12-17(4-2)21-24(20,22-18-13-8-6-9-14-18)23-19-15-10-7-11-16-19/h3-16H,1H2,2H3/b12-5-,17-4+. The van der Waals surface area contributed by atoms with Gasteiger partial charge >= 0.3 is 7.82 Å². The van der Waals surface area contributed by atoms with Crippen molar-refractivity contribution in [3.8, 4) is 11.5 Å². The van der Waals surface area contributed by atoms with Crippen molar-refractivity contribution in [3.63, 3.8) is 0 Å². The van der Waals surface area contributed by atoms with Crippen LogP contribution in [0.5, 0.6) is 11.5 Å². The molecule has 24 heavy (non-hydrogen) atoms. The Morgan fingerprint density at radius 2 is 1.46 bits per heavy atom. The number of hydrogen-bond acceptors (Lipinski definition) is 4. The highest BCUT2D eigenvalue weighted by Crippen LogP contribution is 2.51. The molecule has 0 amide bonds. The molecule has 0 bridgehead atoms. The van der Waals surface area contributed by atoms with E-state index in [4.69, 9.17) is 13.6 Å². The second kappa shape index (κ2) is 8.80. The van der Waals surface area contributed by atoms with E-state index in [-0.39, 0.29) is 0 Å². The zero-order valence-corrected chi connectivity index (χ0v) is 14.3. The summed E-state index contributed by atoms with van der Waals surface area (Å²) in [5, 5.41) is 0. The molecule has 5 heteroatoms. The summed E-state index contributed by atoms with van der Waals surface area (Å²) in [6, 6.07) is 17.5. The van der Waals surface area contributed by atoms with Gasteiger partial charge < -0.3 is 13.6 Å². The highest BCUT2D eigenvalue weighted by atomic mass is 31.2. The second-order valence-corrected chi connectivity index (χ2v) is 6.08. The number of benzene rings is 2. The molecule has 0 aliphatic rings. The highest BCUT2D eigenvalue weighted by molar-refractivity contribution is 7.49. The predicted octanol–water partition coefficient (Wildman–Crippen LogP) is 5.92. The summed E-state index contributed by atoms with van der Waals surface area (Å²) in [6.45, 7) is 5.36. The van der Waals surface area contributed by atoms with Gasteiger partial charge in [-0.05, 0) is 43.3 Å². The van der Waals surface area contributed by atoms with Crippen LogP contribution in [0.15, 0.2) is 97.3 Å². The third-order valence-corrected chi connectivity index (χ3v) is 4.12. The summed E-state index contributed by atoms with van der Waals surface area (Å²) in [5.41, 5.74) is 0. The Labute approximate surface area is 142 Å². The van der Waals surface area contributed by atoms with Crippen molar-refractivity contribution in [1.29, 1.82) is 0 Å². The molecule has 0 N–H and O–H groups in total. The SMILES string of the molecule is C=C/C=C\C(=C/C)OP(=O)(Oc1ccccc1)Oc1ccccc1. The Kier molecular flexibility index (Phi) is 6.47. The summed E-state index contributed by atoms with van der Waals surface area (Å²) >= 11 is 0. The summed E-state index contributed by atoms with van der Waals surface area (Å²) in [5.74, 6) is 1.13. The minimum absolute atomic E-state index is 0.352. The van der Waals surface area contributed by atoms with Gasteiger partial charge in [0.1, 0.15) is 17.3 Å². The van der Waals surface area contributed by atoms with E-state index in [9.17, 15) is 4.57 Å². The van der Waals surface area contributed by atoms with Gasteiger partial charge in [-0.1, -0.05) is 55.1 Å². The van der Waals surface area contributed by atoms with E-state index in [1.165, 1.54) is 0 Å². The van der Waals surface area contributed by atoms with Crippen LogP contribution >= 0.6 is 7.82 Å². The van der Waals surface area contributed by atoms with Gasteiger partial charge in [-0.2, -0.15) is 4.57 Å². The topological polar surface area (TPSA) is 44.8 Å². The average molecular weight is 342 g/mol. The normalized spacial score (nSPS) is 12.0. The molecule has 2 rings (SSSR count). The lowest BCUT2D eigenvalue weighted by Gasteiger charge is -2.19. The fraction of sp³-hybridized carbons (Fsp3) is 0.0526. The zero-order chi connectivity index (χ0) is 17.3. The van der Waals surface area contributed by atoms with Crippen molar-refractivity contribution in [3.05, 3.63) is 97.3 Å². The van der Waals surface area contributed by atoms with Gasteiger partial charge in [-0.15, -0.1) is 0 Å². The van der Waals surface area contributed by atoms with Crippen LogP contribution in [0, 0.1) is 0 Å². The van der Waals surface area contributed by atoms with Gasteiger partial charge in [-0.3, -0.25) is 0 Å². The molecule has 0 atom stereocenters. The molecule has 0 radical (unpaired) electrons. The molecule has 124 valence electrons. The Balaban J connectivity index is 2.27. The number of hydrogen-bond donors (Lipinski definition) is 0. The van der Waals surface area contributed by atoms with Crippen LogP contribution in [0.1, 0.15) is 6.92 Å². The number of para-hydroxylation sites is 2. The zero-order valence-electron chi connectivity index (χ0n) is 13.4. The number of allylic oxidation sites excluding steroid dienone is 4. The molecule has 0 aliphatic carbocycles. The largest absolute Gasteiger partial charge is 0.647 e. The molecule has 0 saturated heterocycles. The summed E-state index contributed by atoms with van der Waals surface area (Å²) in [4.78, 5) is 0. The average Bonchev–Trinajstić information content (AvgIpc) is 2.60. The fourth-order valence-electron chi connectivity index (χ4n) is 1.75. The van der Waals surface area contributed by atoms with E-state index in [0.29, 0.717) is 17.3 Å².